The summed E-state index contributed by atoms with van der Waals surface area (Å²) < 4.78 is 32.2. The van der Waals surface area contributed by atoms with Crippen LogP contribution in [0.3, 0.4) is 0 Å². The number of piperazine rings is 1. The van der Waals surface area contributed by atoms with E-state index in [0.717, 1.165) is 0 Å². The van der Waals surface area contributed by atoms with E-state index in [1.54, 1.807) is 9.80 Å². The van der Waals surface area contributed by atoms with Gasteiger partial charge in [-0.3, -0.25) is 4.79 Å². The standard InChI is InChI=1S/C13H14F2N2O2/c14-9-2-1-3-10(15)12(9)16-4-6-17(7-5-16)13(18)11-8-19-11/h1-3,11H,4-8H2. The molecule has 1 aromatic carbocycles. The van der Waals surface area contributed by atoms with E-state index in [9.17, 15) is 13.6 Å². The van der Waals surface area contributed by atoms with Gasteiger partial charge in [0.25, 0.3) is 5.91 Å². The Morgan fingerprint density at radius 2 is 1.74 bits per heavy atom. The number of halogens is 2. The highest BCUT2D eigenvalue weighted by atomic mass is 19.1. The van der Waals surface area contributed by atoms with Crippen LogP contribution < -0.4 is 4.90 Å². The minimum absolute atomic E-state index is 0.00253. The lowest BCUT2D eigenvalue weighted by molar-refractivity contribution is -0.132. The fraction of sp³-hybridized carbons (Fsp3) is 0.462. The molecular weight excluding hydrogens is 254 g/mol. The first-order valence-corrected chi connectivity index (χ1v) is 6.26. The first-order chi connectivity index (χ1) is 9.16. The van der Waals surface area contributed by atoms with Gasteiger partial charge in [-0.2, -0.15) is 0 Å². The Morgan fingerprint density at radius 1 is 1.16 bits per heavy atom. The number of rotatable bonds is 2. The number of carbonyl (C=O) groups is 1. The van der Waals surface area contributed by atoms with Gasteiger partial charge < -0.3 is 14.5 Å². The van der Waals surface area contributed by atoms with Crippen molar-refractivity contribution in [1.82, 2.24) is 4.90 Å². The maximum Gasteiger partial charge on any atom is 0.254 e. The largest absolute Gasteiger partial charge is 0.363 e. The molecule has 0 aliphatic carbocycles. The highest BCUT2D eigenvalue weighted by Crippen LogP contribution is 2.24. The average Bonchev–Trinajstić information content (AvgIpc) is 3.23. The second-order valence-corrected chi connectivity index (χ2v) is 4.70. The van der Waals surface area contributed by atoms with E-state index in [2.05, 4.69) is 0 Å². The molecular formula is C13H14F2N2O2. The number of benzene rings is 1. The summed E-state index contributed by atoms with van der Waals surface area (Å²) in [6.45, 7) is 2.27. The number of hydrogen-bond donors (Lipinski definition) is 0. The monoisotopic (exact) mass is 268 g/mol. The number of para-hydroxylation sites is 1. The van der Waals surface area contributed by atoms with E-state index in [-0.39, 0.29) is 17.7 Å². The van der Waals surface area contributed by atoms with Crippen LogP contribution in [0, 0.1) is 11.6 Å². The van der Waals surface area contributed by atoms with Crippen LogP contribution in [-0.2, 0) is 9.53 Å². The van der Waals surface area contributed by atoms with Crippen LogP contribution in [0.15, 0.2) is 18.2 Å². The van der Waals surface area contributed by atoms with Crippen molar-refractivity contribution in [3.05, 3.63) is 29.8 Å². The zero-order valence-corrected chi connectivity index (χ0v) is 10.3. The van der Waals surface area contributed by atoms with Gasteiger partial charge in [-0.1, -0.05) is 6.07 Å². The van der Waals surface area contributed by atoms with E-state index in [4.69, 9.17) is 4.74 Å². The molecule has 19 heavy (non-hydrogen) atoms. The lowest BCUT2D eigenvalue weighted by Crippen LogP contribution is -2.50. The minimum Gasteiger partial charge on any atom is -0.363 e. The molecule has 6 heteroatoms. The lowest BCUT2D eigenvalue weighted by Gasteiger charge is -2.36. The summed E-state index contributed by atoms with van der Waals surface area (Å²) in [4.78, 5) is 15.1. The molecule has 0 saturated carbocycles. The van der Waals surface area contributed by atoms with Gasteiger partial charge in [-0.15, -0.1) is 0 Å². The van der Waals surface area contributed by atoms with Gasteiger partial charge in [0.2, 0.25) is 0 Å². The Bertz CT molecular complexity index is 477. The molecule has 0 aromatic heterocycles. The Kier molecular flexibility index (Phi) is 3.10. The summed E-state index contributed by atoms with van der Waals surface area (Å²) in [6.07, 6.45) is -0.295. The summed E-state index contributed by atoms with van der Waals surface area (Å²) >= 11 is 0. The van der Waals surface area contributed by atoms with E-state index in [1.807, 2.05) is 0 Å². The highest BCUT2D eigenvalue weighted by molar-refractivity contribution is 5.83. The summed E-state index contributed by atoms with van der Waals surface area (Å²) in [5, 5.41) is 0. The molecule has 0 N–H and O–H groups in total. The number of nitrogens with zero attached hydrogens (tertiary/aromatic N) is 2. The van der Waals surface area contributed by atoms with Crippen molar-refractivity contribution in [3.8, 4) is 0 Å². The molecule has 2 fully saturated rings. The molecule has 2 aliphatic heterocycles. The number of carbonyl (C=O) groups excluding carboxylic acids is 1. The van der Waals surface area contributed by atoms with Gasteiger partial charge in [-0.05, 0) is 12.1 Å². The van der Waals surface area contributed by atoms with Crippen LogP contribution in [0.2, 0.25) is 0 Å². The van der Waals surface area contributed by atoms with E-state index in [0.29, 0.717) is 32.8 Å². The van der Waals surface area contributed by atoms with E-state index >= 15 is 0 Å². The SMILES string of the molecule is O=C(C1CO1)N1CCN(c2c(F)cccc2F)CC1. The van der Waals surface area contributed by atoms with Crippen LogP contribution in [0.25, 0.3) is 0 Å². The summed E-state index contributed by atoms with van der Waals surface area (Å²) in [5.74, 6) is -1.15. The number of epoxide rings is 1. The summed E-state index contributed by atoms with van der Waals surface area (Å²) in [6, 6.07) is 3.83. The summed E-state index contributed by atoms with van der Waals surface area (Å²) in [7, 11) is 0. The topological polar surface area (TPSA) is 36.1 Å². The van der Waals surface area contributed by atoms with Crippen molar-refractivity contribution in [2.75, 3.05) is 37.7 Å². The van der Waals surface area contributed by atoms with Crippen molar-refractivity contribution in [1.29, 1.82) is 0 Å². The average molecular weight is 268 g/mol. The smallest absolute Gasteiger partial charge is 0.254 e. The van der Waals surface area contributed by atoms with Crippen LogP contribution in [-0.4, -0.2) is 49.7 Å². The number of hydrogen-bond acceptors (Lipinski definition) is 3. The molecule has 4 nitrogen and oxygen atoms in total. The molecule has 1 atom stereocenters. The Labute approximate surface area is 109 Å². The maximum absolute atomic E-state index is 13.6. The molecule has 1 unspecified atom stereocenters. The van der Waals surface area contributed by atoms with Crippen molar-refractivity contribution in [2.45, 2.75) is 6.10 Å². The molecule has 2 saturated heterocycles. The van der Waals surface area contributed by atoms with Crippen LogP contribution in [0.5, 0.6) is 0 Å². The predicted octanol–water partition coefficient (Wildman–Crippen LogP) is 1.01. The number of anilines is 1. The molecule has 2 aliphatic rings. The first kappa shape index (κ1) is 12.3. The van der Waals surface area contributed by atoms with Gasteiger partial charge >= 0.3 is 0 Å². The van der Waals surface area contributed by atoms with Gasteiger partial charge in [-0.25, -0.2) is 8.78 Å². The van der Waals surface area contributed by atoms with Crippen molar-refractivity contribution in [2.24, 2.45) is 0 Å². The van der Waals surface area contributed by atoms with Gasteiger partial charge in [0.15, 0.2) is 6.10 Å². The normalized spacial score (nSPS) is 22.5. The van der Waals surface area contributed by atoms with E-state index < -0.39 is 11.6 Å². The molecule has 0 bridgehead atoms. The Hall–Kier alpha value is -1.69. The molecule has 2 heterocycles. The molecule has 102 valence electrons. The molecule has 0 radical (unpaired) electrons. The zero-order chi connectivity index (χ0) is 13.4. The van der Waals surface area contributed by atoms with Crippen LogP contribution >= 0.6 is 0 Å². The fourth-order valence-electron chi connectivity index (χ4n) is 2.34. The lowest BCUT2D eigenvalue weighted by atomic mass is 10.2. The second-order valence-electron chi connectivity index (χ2n) is 4.70. The van der Waals surface area contributed by atoms with Gasteiger partial charge in [0.05, 0.1) is 6.61 Å². The molecule has 1 aromatic rings. The number of amides is 1. The van der Waals surface area contributed by atoms with Crippen LogP contribution in [0.4, 0.5) is 14.5 Å². The molecule has 1 amide bonds. The van der Waals surface area contributed by atoms with Crippen molar-refractivity contribution < 1.29 is 18.3 Å². The molecule has 3 rings (SSSR count). The minimum atomic E-state index is -0.565. The quantitative estimate of drug-likeness (QED) is 0.751. The maximum atomic E-state index is 13.6. The van der Waals surface area contributed by atoms with Crippen LogP contribution in [0.1, 0.15) is 0 Å². The highest BCUT2D eigenvalue weighted by Gasteiger charge is 2.36. The van der Waals surface area contributed by atoms with Crippen molar-refractivity contribution in [3.63, 3.8) is 0 Å². The van der Waals surface area contributed by atoms with Crippen molar-refractivity contribution >= 4 is 11.6 Å². The first-order valence-electron chi connectivity index (χ1n) is 6.26. The second kappa shape index (κ2) is 4.77. The predicted molar refractivity (Wildman–Crippen MR) is 64.9 cm³/mol. The summed E-state index contributed by atoms with van der Waals surface area (Å²) in [5.41, 5.74) is -0.00253. The third-order valence-corrected chi connectivity index (χ3v) is 3.45. The Balaban J connectivity index is 1.68. The third kappa shape index (κ3) is 2.40. The number of ether oxygens (including phenoxy) is 1. The van der Waals surface area contributed by atoms with Gasteiger partial charge in [0.1, 0.15) is 17.3 Å². The zero-order valence-electron chi connectivity index (χ0n) is 10.3. The Morgan fingerprint density at radius 3 is 2.26 bits per heavy atom. The fourth-order valence-corrected chi connectivity index (χ4v) is 2.34. The third-order valence-electron chi connectivity index (χ3n) is 3.45. The molecule has 0 spiro atoms. The van der Waals surface area contributed by atoms with E-state index in [1.165, 1.54) is 18.2 Å². The van der Waals surface area contributed by atoms with Gasteiger partial charge in [0, 0.05) is 26.2 Å².